The van der Waals surface area contributed by atoms with Crippen LogP contribution < -0.4 is 0 Å². The van der Waals surface area contributed by atoms with E-state index >= 15 is 0 Å². The van der Waals surface area contributed by atoms with Gasteiger partial charge in [-0.25, -0.2) is 9.13 Å². The van der Waals surface area contributed by atoms with Crippen molar-refractivity contribution in [3.8, 4) is 0 Å². The summed E-state index contributed by atoms with van der Waals surface area (Å²) < 4.78 is 60.9. The number of phosphoric acid groups is 2. The second-order valence-electron chi connectivity index (χ2n) is 23.6. The van der Waals surface area contributed by atoms with Gasteiger partial charge in [0.25, 0.3) is 0 Å². The quantitative estimate of drug-likeness (QED) is 0.0146. The SMILES string of the molecule is CC/C=C\C/C=C\C/C=C\C/C=C\C/C=C\C/C=C\CCCCCCCCCCC(=O)OCC(O)COP(=O)(O)OCC(O)COP(=O)(O)OCC(COC(=O)CC/C=C\C/C=C\C/C=C\C/C=C\C/C=C\C/C=C\CC)OC(=O)CCCCCC/C=C\C/C=C\C/C=C\C/C=C\CC. The minimum absolute atomic E-state index is 0.0313. The van der Waals surface area contributed by atoms with Crippen molar-refractivity contribution in [2.75, 3.05) is 39.6 Å². The summed E-state index contributed by atoms with van der Waals surface area (Å²) in [4.78, 5) is 58.5. The van der Waals surface area contributed by atoms with Crippen molar-refractivity contribution >= 4 is 33.6 Å². The lowest BCUT2D eigenvalue weighted by Crippen LogP contribution is -2.30. The molecule has 0 aromatic heterocycles. The number of phosphoric ester groups is 2. The van der Waals surface area contributed by atoms with Crippen molar-refractivity contribution in [3.05, 3.63) is 194 Å². The molecule has 0 spiro atoms. The van der Waals surface area contributed by atoms with Crippen LogP contribution in [0.1, 0.15) is 239 Å². The largest absolute Gasteiger partial charge is 0.472 e. The number of unbranched alkanes of at least 4 members (excludes halogenated alkanes) is 12. The summed E-state index contributed by atoms with van der Waals surface area (Å²) in [5.41, 5.74) is 0. The topological polar surface area (TPSA) is 231 Å². The van der Waals surface area contributed by atoms with Crippen LogP contribution in [-0.2, 0) is 55.8 Å². The molecule has 5 atom stereocenters. The monoisotopic (exact) mass is 1420 g/mol. The van der Waals surface area contributed by atoms with E-state index in [0.29, 0.717) is 25.7 Å². The summed E-state index contributed by atoms with van der Waals surface area (Å²) in [6.07, 6.45) is 93.5. The molecule has 0 fully saturated rings. The molecule has 0 amide bonds. The highest BCUT2D eigenvalue weighted by molar-refractivity contribution is 7.47. The average molecular weight is 1420 g/mol. The van der Waals surface area contributed by atoms with Crippen molar-refractivity contribution in [1.82, 2.24) is 0 Å². The fourth-order valence-electron chi connectivity index (χ4n) is 8.82. The molecule has 0 aliphatic carbocycles. The number of carbonyl (C=O) groups is 3. The van der Waals surface area contributed by atoms with E-state index in [0.717, 1.165) is 154 Å². The van der Waals surface area contributed by atoms with E-state index in [-0.39, 0.29) is 19.3 Å². The number of aliphatic hydroxyl groups excluding tert-OH is 2. The molecule has 0 bridgehead atoms. The van der Waals surface area contributed by atoms with Crippen LogP contribution >= 0.6 is 15.6 Å². The summed E-state index contributed by atoms with van der Waals surface area (Å²) in [6.45, 7) is 2.16. The molecule has 0 aromatic rings. The van der Waals surface area contributed by atoms with Crippen LogP contribution in [0.3, 0.4) is 0 Å². The molecule has 4 N–H and O–H groups in total. The van der Waals surface area contributed by atoms with Gasteiger partial charge in [0.2, 0.25) is 0 Å². The molecule has 99 heavy (non-hydrogen) atoms. The molecule has 16 nitrogen and oxygen atoms in total. The number of carbonyl (C=O) groups excluding carboxylic acids is 3. The summed E-state index contributed by atoms with van der Waals surface area (Å²) in [7, 11) is -9.83. The summed E-state index contributed by atoms with van der Waals surface area (Å²) in [6, 6.07) is 0. The predicted octanol–water partition coefficient (Wildman–Crippen LogP) is 21.2. The van der Waals surface area contributed by atoms with Crippen LogP contribution in [0, 0.1) is 0 Å². The maximum absolute atomic E-state index is 12.9. The van der Waals surface area contributed by atoms with E-state index in [1.165, 1.54) is 19.3 Å². The third kappa shape index (κ3) is 73.4. The van der Waals surface area contributed by atoms with Gasteiger partial charge < -0.3 is 34.2 Å². The van der Waals surface area contributed by atoms with Gasteiger partial charge in [0.1, 0.15) is 25.4 Å². The molecule has 18 heteroatoms. The van der Waals surface area contributed by atoms with E-state index in [4.69, 9.17) is 32.3 Å². The van der Waals surface area contributed by atoms with Crippen LogP contribution in [0.5, 0.6) is 0 Å². The highest BCUT2D eigenvalue weighted by Gasteiger charge is 2.29. The van der Waals surface area contributed by atoms with Gasteiger partial charge in [-0.2, -0.15) is 0 Å². The van der Waals surface area contributed by atoms with Gasteiger partial charge in [0, 0.05) is 19.3 Å². The second-order valence-corrected chi connectivity index (χ2v) is 26.5. The van der Waals surface area contributed by atoms with Gasteiger partial charge in [-0.15, -0.1) is 0 Å². The number of allylic oxidation sites excluding steroid dienone is 32. The predicted molar refractivity (Wildman–Crippen MR) is 408 cm³/mol. The zero-order valence-corrected chi connectivity index (χ0v) is 62.4. The van der Waals surface area contributed by atoms with Gasteiger partial charge in [0.05, 0.1) is 26.4 Å². The minimum atomic E-state index is -4.96. The average Bonchev–Trinajstić information content (AvgIpc) is 2.62. The molecule has 0 aliphatic rings. The fraction of sp³-hybridized carbons (Fsp3) is 0.568. The van der Waals surface area contributed by atoms with Crippen molar-refractivity contribution in [2.24, 2.45) is 0 Å². The fourth-order valence-corrected chi connectivity index (χ4v) is 10.4. The van der Waals surface area contributed by atoms with Crippen LogP contribution in [-0.4, -0.2) is 95.9 Å². The Morgan fingerprint density at radius 2 is 0.525 bits per heavy atom. The maximum Gasteiger partial charge on any atom is 0.472 e. The third-order valence-electron chi connectivity index (χ3n) is 14.3. The molecule has 0 heterocycles. The first-order chi connectivity index (χ1) is 48.2. The molecular formula is C81H128O16P2. The Morgan fingerprint density at radius 3 is 0.859 bits per heavy atom. The van der Waals surface area contributed by atoms with E-state index in [1.807, 2.05) is 18.2 Å². The zero-order valence-electron chi connectivity index (χ0n) is 60.6. The number of aliphatic hydroxyl groups is 2. The Balaban J connectivity index is 4.71. The Labute approximate surface area is 597 Å². The molecular weight excluding hydrogens is 1290 g/mol. The van der Waals surface area contributed by atoms with Gasteiger partial charge >= 0.3 is 33.6 Å². The Bertz CT molecular complexity index is 2580. The van der Waals surface area contributed by atoms with Crippen molar-refractivity contribution in [2.45, 2.75) is 257 Å². The first-order valence-electron chi connectivity index (χ1n) is 36.7. The molecule has 0 aromatic carbocycles. The molecule has 0 saturated heterocycles. The highest BCUT2D eigenvalue weighted by atomic mass is 31.2. The summed E-state index contributed by atoms with van der Waals surface area (Å²) >= 11 is 0. The van der Waals surface area contributed by atoms with Gasteiger partial charge in [-0.05, 0) is 148 Å². The number of rotatable bonds is 67. The molecule has 0 aliphatic heterocycles. The Hall–Kier alpha value is -5.61. The molecule has 0 radical (unpaired) electrons. The van der Waals surface area contributed by atoms with E-state index in [2.05, 4.69) is 197 Å². The van der Waals surface area contributed by atoms with Gasteiger partial charge in [0.15, 0.2) is 6.10 Å². The summed E-state index contributed by atoms with van der Waals surface area (Å²) in [5.74, 6) is -1.73. The van der Waals surface area contributed by atoms with Crippen LogP contribution in [0.2, 0.25) is 0 Å². The maximum atomic E-state index is 12.9. The highest BCUT2D eigenvalue weighted by Crippen LogP contribution is 2.45. The van der Waals surface area contributed by atoms with Gasteiger partial charge in [-0.3, -0.25) is 32.5 Å². The van der Waals surface area contributed by atoms with Gasteiger partial charge in [-0.1, -0.05) is 267 Å². The Kier molecular flexibility index (Phi) is 68.1. The molecule has 0 saturated carbocycles. The van der Waals surface area contributed by atoms with Crippen LogP contribution in [0.15, 0.2) is 194 Å². The minimum Gasteiger partial charge on any atom is -0.463 e. The molecule has 558 valence electrons. The molecule has 0 rings (SSSR count). The van der Waals surface area contributed by atoms with E-state index in [9.17, 15) is 43.5 Å². The zero-order chi connectivity index (χ0) is 72.3. The van der Waals surface area contributed by atoms with E-state index < -0.39 is 91.5 Å². The van der Waals surface area contributed by atoms with Crippen LogP contribution in [0.4, 0.5) is 0 Å². The number of hydrogen-bond acceptors (Lipinski definition) is 14. The lowest BCUT2D eigenvalue weighted by atomic mass is 10.1. The lowest BCUT2D eigenvalue weighted by Gasteiger charge is -2.21. The smallest absolute Gasteiger partial charge is 0.463 e. The van der Waals surface area contributed by atoms with Crippen molar-refractivity contribution in [3.63, 3.8) is 0 Å². The Morgan fingerprint density at radius 1 is 0.283 bits per heavy atom. The third-order valence-corrected chi connectivity index (χ3v) is 16.2. The lowest BCUT2D eigenvalue weighted by molar-refractivity contribution is -0.161. The number of ether oxygens (including phenoxy) is 3. The van der Waals surface area contributed by atoms with Crippen LogP contribution in [0.25, 0.3) is 0 Å². The van der Waals surface area contributed by atoms with E-state index in [1.54, 1.807) is 0 Å². The van der Waals surface area contributed by atoms with Crippen molar-refractivity contribution < 1.29 is 75.8 Å². The summed E-state index contributed by atoms with van der Waals surface area (Å²) in [5, 5.41) is 20.6. The second kappa shape index (κ2) is 72.2. The first-order valence-corrected chi connectivity index (χ1v) is 39.7. The standard InChI is InChI=1S/C81H128O16P2/c1-4-7-10-13-16-19-22-25-28-31-33-34-35-36-37-38-39-40-42-45-46-49-52-55-58-61-64-67-79(84)91-70-76(82)71-93-98(87,88)94-72-77(83)73-95-99(89,90)96-75-78(97-81(86)69-66-63-60-57-54-51-48-43-30-27-24-21-18-15-12-9-6-3)74-92-80(85)68-65-62-59-56-53-50-47-44-41-32-29-26-23-20-17-14-11-8-5-2/h7-12,16-21,25-30,33-34,36-37,39-41,44,48,50-51,53,59,62,76-78,82-83H,4-6,13-15,22-24,31-32,35,38,42-43,45-47,49,52,54-58,60-61,63-75H2,1-3H3,(H,87,88)(H,89,90)/b10-7-,11-8-,12-9-,19-16-,20-17-,21-18-,28-25-,29-26-,30-27-,34-33-,37-36-,40-39-,44-41-,51-48-,53-50-,62-59-. The number of esters is 3. The molecule has 5 unspecified atom stereocenters. The normalized spacial score (nSPS) is 15.2. The van der Waals surface area contributed by atoms with Crippen molar-refractivity contribution in [1.29, 1.82) is 0 Å². The first kappa shape index (κ1) is 93.4. The number of hydrogen-bond donors (Lipinski definition) is 4.